The highest BCUT2D eigenvalue weighted by molar-refractivity contribution is 6.33. The van der Waals surface area contributed by atoms with Gasteiger partial charge < -0.3 is 19.9 Å². The molecule has 1 heterocycles. The lowest BCUT2D eigenvalue weighted by molar-refractivity contribution is -0.139. The van der Waals surface area contributed by atoms with Gasteiger partial charge in [-0.1, -0.05) is 25.4 Å². The third kappa shape index (κ3) is 8.94. The highest BCUT2D eigenvalue weighted by atomic mass is 35.5. The molecule has 7 nitrogen and oxygen atoms in total. The maximum atomic E-state index is 15.7. The van der Waals surface area contributed by atoms with Gasteiger partial charge in [0.05, 0.1) is 23.0 Å². The second-order valence-electron chi connectivity index (χ2n) is 12.1. The number of amides is 1. The Morgan fingerprint density at radius 3 is 2.24 bits per heavy atom. The first-order chi connectivity index (χ1) is 21.3. The van der Waals surface area contributed by atoms with Crippen molar-refractivity contribution >= 4 is 23.5 Å². The van der Waals surface area contributed by atoms with Crippen LogP contribution in [-0.4, -0.2) is 47.1 Å². The van der Waals surface area contributed by atoms with Crippen LogP contribution >= 0.6 is 11.6 Å². The normalized spacial score (nSPS) is 13.3. The molecule has 0 bridgehead atoms. The smallest absolute Gasteiger partial charge is 0.416 e. The summed E-state index contributed by atoms with van der Waals surface area (Å²) in [4.78, 5) is 40.6. The number of carbonyl (C=O) groups is 2. The van der Waals surface area contributed by atoms with Crippen molar-refractivity contribution in [3.63, 3.8) is 0 Å². The SMILES string of the molecule is Cc1cc(-c2c(C)cc(F)cc2Cl)cc([C@H](CC(=O)O)NC(=O)C(CC(C)C)n2cc(CCN(C)C)c(C(F)(F)F)cc2=O)c1F. The summed E-state index contributed by atoms with van der Waals surface area (Å²) in [5.41, 5.74) is -1.29. The number of carbonyl (C=O) groups excluding carboxylic acids is 1. The van der Waals surface area contributed by atoms with E-state index < -0.39 is 59.3 Å². The Balaban J connectivity index is 2.15. The lowest BCUT2D eigenvalue weighted by Crippen LogP contribution is -2.41. The Bertz CT molecular complexity index is 1650. The van der Waals surface area contributed by atoms with E-state index in [0.29, 0.717) is 22.8 Å². The molecule has 2 aromatic carbocycles. The van der Waals surface area contributed by atoms with Gasteiger partial charge in [-0.2, -0.15) is 13.2 Å². The molecule has 3 rings (SSSR count). The van der Waals surface area contributed by atoms with E-state index in [2.05, 4.69) is 5.32 Å². The minimum absolute atomic E-state index is 0.00987. The number of aryl methyl sites for hydroxylation is 2. The molecular weight excluding hydrogens is 633 g/mol. The quantitative estimate of drug-likeness (QED) is 0.201. The molecule has 0 fully saturated rings. The predicted octanol–water partition coefficient (Wildman–Crippen LogP) is 7.11. The minimum Gasteiger partial charge on any atom is -0.481 e. The summed E-state index contributed by atoms with van der Waals surface area (Å²) in [5, 5.41) is 12.3. The predicted molar refractivity (Wildman–Crippen MR) is 166 cm³/mol. The van der Waals surface area contributed by atoms with Crippen LogP contribution in [0.2, 0.25) is 5.02 Å². The molecule has 3 aromatic rings. The first-order valence-corrected chi connectivity index (χ1v) is 14.9. The van der Waals surface area contributed by atoms with Crippen LogP contribution in [0.15, 0.2) is 41.3 Å². The maximum Gasteiger partial charge on any atom is 0.416 e. The molecule has 0 aliphatic rings. The molecule has 1 unspecified atom stereocenters. The molecule has 0 spiro atoms. The molecule has 2 atom stereocenters. The Morgan fingerprint density at radius 2 is 1.70 bits per heavy atom. The number of aromatic nitrogens is 1. The van der Waals surface area contributed by atoms with Gasteiger partial charge in [0.15, 0.2) is 0 Å². The zero-order valence-corrected chi connectivity index (χ0v) is 27.1. The van der Waals surface area contributed by atoms with Gasteiger partial charge in [0.25, 0.3) is 5.56 Å². The van der Waals surface area contributed by atoms with Gasteiger partial charge in [0.1, 0.15) is 17.7 Å². The topological polar surface area (TPSA) is 91.6 Å². The van der Waals surface area contributed by atoms with E-state index in [1.54, 1.807) is 39.8 Å². The van der Waals surface area contributed by atoms with Gasteiger partial charge in [-0.25, -0.2) is 8.78 Å². The third-order valence-corrected chi connectivity index (χ3v) is 7.82. The van der Waals surface area contributed by atoms with Crippen molar-refractivity contribution in [2.75, 3.05) is 20.6 Å². The van der Waals surface area contributed by atoms with Crippen LogP contribution in [0, 0.1) is 31.4 Å². The Labute approximate surface area is 269 Å². The van der Waals surface area contributed by atoms with Crippen molar-refractivity contribution in [3.05, 3.63) is 91.4 Å². The average molecular weight is 670 g/mol. The van der Waals surface area contributed by atoms with Crippen molar-refractivity contribution in [3.8, 4) is 11.1 Å². The van der Waals surface area contributed by atoms with Gasteiger partial charge in [0, 0.05) is 29.9 Å². The summed E-state index contributed by atoms with van der Waals surface area (Å²) in [6, 6.07) is 2.78. The van der Waals surface area contributed by atoms with Crippen LogP contribution in [0.4, 0.5) is 22.0 Å². The van der Waals surface area contributed by atoms with E-state index in [1.165, 1.54) is 25.1 Å². The van der Waals surface area contributed by atoms with E-state index >= 15 is 4.39 Å². The highest BCUT2D eigenvalue weighted by Crippen LogP contribution is 2.37. The first kappa shape index (κ1) is 36.7. The highest BCUT2D eigenvalue weighted by Gasteiger charge is 2.36. The fourth-order valence-corrected chi connectivity index (χ4v) is 5.74. The monoisotopic (exact) mass is 669 g/mol. The first-order valence-electron chi connectivity index (χ1n) is 14.5. The fraction of sp³-hybridized carbons (Fsp3) is 0.424. The molecule has 2 N–H and O–H groups in total. The number of carboxylic acid groups (broad SMARTS) is 1. The van der Waals surface area contributed by atoms with Crippen molar-refractivity contribution in [1.82, 2.24) is 14.8 Å². The summed E-state index contributed by atoms with van der Waals surface area (Å²) < 4.78 is 72.1. The van der Waals surface area contributed by atoms with Gasteiger partial charge in [-0.05, 0) is 93.2 Å². The standard InChI is InChI=1S/C33H37ClF5N3O4/c1-17(2)9-27(42-16-20(7-8-41(5)6)24(14-28(42)43)33(37,38)39)32(46)40-26(15-29(44)45)23-12-21(10-19(4)31(23)36)30-18(3)11-22(35)13-25(30)34/h10-14,16-17,26-27H,7-9,15H2,1-6H3,(H,40,46)(H,44,45)/t26-,27?/m0/s1. The Kier molecular flexibility index (Phi) is 11.8. The van der Waals surface area contributed by atoms with Gasteiger partial charge in [0.2, 0.25) is 5.91 Å². The number of carboxylic acids is 1. The molecule has 13 heteroatoms. The van der Waals surface area contributed by atoms with Crippen molar-refractivity contribution < 1.29 is 36.6 Å². The Morgan fingerprint density at radius 1 is 1.04 bits per heavy atom. The number of pyridine rings is 1. The van der Waals surface area contributed by atoms with E-state index in [1.807, 2.05) is 0 Å². The molecule has 1 amide bonds. The number of alkyl halides is 3. The lowest BCUT2D eigenvalue weighted by atomic mass is 9.92. The number of nitrogens with zero attached hydrogens (tertiary/aromatic N) is 2. The minimum atomic E-state index is -4.81. The van der Waals surface area contributed by atoms with Crippen LogP contribution in [0.25, 0.3) is 11.1 Å². The molecule has 0 saturated carbocycles. The summed E-state index contributed by atoms with van der Waals surface area (Å²) in [6.45, 7) is 6.77. The van der Waals surface area contributed by atoms with Gasteiger partial charge in [-0.15, -0.1) is 0 Å². The number of likely N-dealkylation sites (N-methyl/N-ethyl adjacent to an activating group) is 1. The summed E-state index contributed by atoms with van der Waals surface area (Å²) in [7, 11) is 3.37. The fourth-order valence-electron chi connectivity index (χ4n) is 5.38. The molecule has 0 aliphatic carbocycles. The maximum absolute atomic E-state index is 15.7. The zero-order valence-electron chi connectivity index (χ0n) is 26.4. The van der Waals surface area contributed by atoms with E-state index in [4.69, 9.17) is 11.6 Å². The van der Waals surface area contributed by atoms with Crippen LogP contribution in [0.1, 0.15) is 66.6 Å². The van der Waals surface area contributed by atoms with Crippen LogP contribution < -0.4 is 10.9 Å². The molecule has 250 valence electrons. The molecule has 0 saturated heterocycles. The molecule has 0 aliphatic heterocycles. The number of benzene rings is 2. The Hall–Kier alpha value is -3.77. The zero-order chi connectivity index (χ0) is 34.7. The third-order valence-electron chi connectivity index (χ3n) is 7.52. The summed E-state index contributed by atoms with van der Waals surface area (Å²) in [6.07, 6.45) is -4.60. The molecular formula is C33H37ClF5N3O4. The summed E-state index contributed by atoms with van der Waals surface area (Å²) >= 11 is 6.32. The van der Waals surface area contributed by atoms with Crippen LogP contribution in [-0.2, 0) is 22.2 Å². The number of rotatable bonds is 12. The van der Waals surface area contributed by atoms with Crippen LogP contribution in [0.3, 0.4) is 0 Å². The van der Waals surface area contributed by atoms with Crippen LogP contribution in [0.5, 0.6) is 0 Å². The van der Waals surface area contributed by atoms with E-state index in [-0.39, 0.29) is 47.0 Å². The van der Waals surface area contributed by atoms with Crippen molar-refractivity contribution in [2.24, 2.45) is 5.92 Å². The lowest BCUT2D eigenvalue weighted by Gasteiger charge is -2.27. The number of aliphatic carboxylic acids is 1. The van der Waals surface area contributed by atoms with E-state index in [9.17, 15) is 37.1 Å². The number of halogens is 6. The second-order valence-corrected chi connectivity index (χ2v) is 12.5. The average Bonchev–Trinajstić information content (AvgIpc) is 2.90. The number of nitrogens with one attached hydrogen (secondary N) is 1. The van der Waals surface area contributed by atoms with Gasteiger partial charge >= 0.3 is 12.1 Å². The van der Waals surface area contributed by atoms with E-state index in [0.717, 1.165) is 16.8 Å². The largest absolute Gasteiger partial charge is 0.481 e. The second kappa shape index (κ2) is 14.8. The number of hydrogen-bond acceptors (Lipinski definition) is 4. The van der Waals surface area contributed by atoms with Crippen molar-refractivity contribution in [1.29, 1.82) is 0 Å². The molecule has 46 heavy (non-hydrogen) atoms. The van der Waals surface area contributed by atoms with Crippen molar-refractivity contribution in [2.45, 2.75) is 65.2 Å². The van der Waals surface area contributed by atoms with Gasteiger partial charge in [-0.3, -0.25) is 14.4 Å². The molecule has 1 aromatic heterocycles. The molecule has 0 radical (unpaired) electrons. The summed E-state index contributed by atoms with van der Waals surface area (Å²) in [5.74, 6) is -3.86. The number of hydrogen-bond donors (Lipinski definition) is 2.